The molecule has 1 aliphatic rings. The predicted octanol–water partition coefficient (Wildman–Crippen LogP) is 5.43. The SMILES string of the molecule is CCc1cc([C@](C#CC2CC2)(OCc2c(F)cccc2Cl)C(F)(F)F)c(=O)[nH]c1C. The van der Waals surface area contributed by atoms with Gasteiger partial charge in [-0.2, -0.15) is 13.2 Å². The standard InChI is InChI=1S/C22H20ClF4NO2/c1-3-15-11-17(20(29)28-13(15)2)21(22(25,26)27,10-9-14-7-8-14)30-12-16-18(23)5-4-6-19(16)24/h4-6,11,14H,3,7-8,12H2,1-2H3,(H,28,29)/t21-/m0/s1. The van der Waals surface area contributed by atoms with Gasteiger partial charge in [0.05, 0.1) is 12.2 Å². The highest BCUT2D eigenvalue weighted by Crippen LogP contribution is 2.43. The van der Waals surface area contributed by atoms with Gasteiger partial charge >= 0.3 is 6.18 Å². The van der Waals surface area contributed by atoms with E-state index in [-0.39, 0.29) is 16.5 Å². The third-order valence-electron chi connectivity index (χ3n) is 5.03. The van der Waals surface area contributed by atoms with E-state index in [1.54, 1.807) is 13.8 Å². The molecule has 1 aromatic heterocycles. The van der Waals surface area contributed by atoms with Gasteiger partial charge in [0.1, 0.15) is 5.82 Å². The summed E-state index contributed by atoms with van der Waals surface area (Å²) in [6.45, 7) is 2.56. The number of hydrogen-bond acceptors (Lipinski definition) is 2. The van der Waals surface area contributed by atoms with Gasteiger partial charge in [-0.15, -0.1) is 0 Å². The minimum Gasteiger partial charge on any atom is -0.345 e. The van der Waals surface area contributed by atoms with E-state index in [1.165, 1.54) is 18.2 Å². The predicted molar refractivity (Wildman–Crippen MR) is 106 cm³/mol. The van der Waals surface area contributed by atoms with Gasteiger partial charge in [-0.25, -0.2) is 4.39 Å². The number of ether oxygens (including phenoxy) is 1. The first-order chi connectivity index (χ1) is 14.1. The largest absolute Gasteiger partial charge is 0.433 e. The summed E-state index contributed by atoms with van der Waals surface area (Å²) in [6, 6.07) is 4.93. The van der Waals surface area contributed by atoms with E-state index in [4.69, 9.17) is 16.3 Å². The molecule has 0 radical (unpaired) electrons. The van der Waals surface area contributed by atoms with Crippen molar-refractivity contribution in [2.75, 3.05) is 0 Å². The molecule has 1 aromatic carbocycles. The summed E-state index contributed by atoms with van der Waals surface area (Å²) in [5.74, 6) is 3.78. The maximum atomic E-state index is 14.4. The van der Waals surface area contributed by atoms with Gasteiger partial charge in [-0.1, -0.05) is 36.4 Å². The average Bonchev–Trinajstić information content (AvgIpc) is 3.48. The smallest absolute Gasteiger partial charge is 0.345 e. The molecule has 0 spiro atoms. The van der Waals surface area contributed by atoms with Gasteiger partial charge in [-0.3, -0.25) is 4.79 Å². The van der Waals surface area contributed by atoms with Crippen LogP contribution in [0.4, 0.5) is 17.6 Å². The third kappa shape index (κ3) is 4.40. The molecule has 1 heterocycles. The van der Waals surface area contributed by atoms with Crippen molar-refractivity contribution >= 4 is 11.6 Å². The lowest BCUT2D eigenvalue weighted by molar-refractivity contribution is -0.263. The van der Waals surface area contributed by atoms with Gasteiger partial charge < -0.3 is 9.72 Å². The van der Waals surface area contributed by atoms with Crippen LogP contribution in [0, 0.1) is 30.5 Å². The molecular weight excluding hydrogens is 422 g/mol. The Balaban J connectivity index is 2.18. The quantitative estimate of drug-likeness (QED) is 0.497. The summed E-state index contributed by atoms with van der Waals surface area (Å²) in [4.78, 5) is 15.1. The molecule has 1 N–H and O–H groups in total. The van der Waals surface area contributed by atoms with Crippen molar-refractivity contribution < 1.29 is 22.3 Å². The first-order valence-electron chi connectivity index (χ1n) is 9.48. The van der Waals surface area contributed by atoms with Crippen LogP contribution in [-0.2, 0) is 23.4 Å². The summed E-state index contributed by atoms with van der Waals surface area (Å²) in [7, 11) is 0. The molecule has 0 unspecified atom stereocenters. The van der Waals surface area contributed by atoms with Crippen molar-refractivity contribution in [2.24, 2.45) is 5.92 Å². The second-order valence-corrected chi connectivity index (χ2v) is 7.63. The minimum absolute atomic E-state index is 0.0757. The molecule has 1 fully saturated rings. The molecule has 3 nitrogen and oxygen atoms in total. The molecular formula is C22H20ClF4NO2. The molecule has 1 saturated carbocycles. The van der Waals surface area contributed by atoms with Crippen molar-refractivity contribution in [3.05, 3.63) is 67.8 Å². The van der Waals surface area contributed by atoms with Crippen LogP contribution in [0.5, 0.6) is 0 Å². The summed E-state index contributed by atoms with van der Waals surface area (Å²) in [5, 5.41) is -0.0757. The van der Waals surface area contributed by atoms with Crippen LogP contribution in [0.15, 0.2) is 29.1 Å². The van der Waals surface area contributed by atoms with Crippen LogP contribution in [0.1, 0.15) is 42.1 Å². The fourth-order valence-corrected chi connectivity index (χ4v) is 3.28. The summed E-state index contributed by atoms with van der Waals surface area (Å²) >= 11 is 5.95. The second-order valence-electron chi connectivity index (χ2n) is 7.23. The normalized spacial score (nSPS) is 16.0. The van der Waals surface area contributed by atoms with Crippen LogP contribution in [0.3, 0.4) is 0 Å². The van der Waals surface area contributed by atoms with Crippen molar-refractivity contribution in [3.8, 4) is 11.8 Å². The highest BCUT2D eigenvalue weighted by Gasteiger charge is 2.58. The lowest BCUT2D eigenvalue weighted by Gasteiger charge is -2.31. The fraction of sp³-hybridized carbons (Fsp3) is 0.409. The maximum Gasteiger partial charge on any atom is 0.433 e. The topological polar surface area (TPSA) is 42.1 Å². The monoisotopic (exact) mass is 441 g/mol. The van der Waals surface area contributed by atoms with Gasteiger partial charge in [-0.05, 0) is 49.9 Å². The third-order valence-corrected chi connectivity index (χ3v) is 5.38. The molecule has 0 saturated heterocycles. The number of alkyl halides is 3. The van der Waals surface area contributed by atoms with Crippen LogP contribution >= 0.6 is 11.6 Å². The van der Waals surface area contributed by atoms with Crippen molar-refractivity contribution in [1.29, 1.82) is 0 Å². The van der Waals surface area contributed by atoms with Gasteiger partial charge in [0.2, 0.25) is 0 Å². The number of rotatable bonds is 5. The molecule has 0 aliphatic heterocycles. The lowest BCUT2D eigenvalue weighted by atomic mass is 9.91. The Bertz CT molecular complexity index is 1040. The Hall–Kier alpha value is -2.30. The second kappa shape index (κ2) is 8.44. The number of aryl methyl sites for hydroxylation is 2. The van der Waals surface area contributed by atoms with Crippen molar-refractivity contribution in [2.45, 2.75) is 51.5 Å². The molecule has 160 valence electrons. The van der Waals surface area contributed by atoms with E-state index in [9.17, 15) is 22.4 Å². The zero-order chi connectivity index (χ0) is 22.1. The van der Waals surface area contributed by atoms with Crippen LogP contribution in [-0.4, -0.2) is 11.2 Å². The average molecular weight is 442 g/mol. The molecule has 3 rings (SSSR count). The van der Waals surface area contributed by atoms with Gasteiger partial charge in [0, 0.05) is 22.2 Å². The van der Waals surface area contributed by atoms with Crippen molar-refractivity contribution in [1.82, 2.24) is 4.98 Å². The Kier molecular flexibility index (Phi) is 6.30. The molecule has 1 aliphatic carbocycles. The van der Waals surface area contributed by atoms with Crippen LogP contribution < -0.4 is 5.56 Å². The van der Waals surface area contributed by atoms with E-state index in [2.05, 4.69) is 16.8 Å². The summed E-state index contributed by atoms with van der Waals surface area (Å²) in [5.41, 5.74) is -4.08. The minimum atomic E-state index is -5.06. The molecule has 30 heavy (non-hydrogen) atoms. The number of halogens is 5. The number of hydrogen-bond donors (Lipinski definition) is 1. The number of pyridine rings is 1. The maximum absolute atomic E-state index is 14.4. The number of aromatic nitrogens is 1. The fourth-order valence-electron chi connectivity index (χ4n) is 3.06. The van der Waals surface area contributed by atoms with E-state index in [1.807, 2.05) is 0 Å². The zero-order valence-electron chi connectivity index (χ0n) is 16.4. The first kappa shape index (κ1) is 22.4. The molecule has 2 aromatic rings. The highest BCUT2D eigenvalue weighted by atomic mass is 35.5. The molecule has 0 bridgehead atoms. The molecule has 1 atom stereocenters. The van der Waals surface area contributed by atoms with Crippen LogP contribution in [0.25, 0.3) is 0 Å². The number of nitrogens with one attached hydrogen (secondary N) is 1. The summed E-state index contributed by atoms with van der Waals surface area (Å²) < 4.78 is 62.8. The summed E-state index contributed by atoms with van der Waals surface area (Å²) in [6.07, 6.45) is -3.28. The van der Waals surface area contributed by atoms with E-state index in [0.29, 0.717) is 30.5 Å². The Morgan fingerprint density at radius 1 is 1.30 bits per heavy atom. The van der Waals surface area contributed by atoms with Gasteiger partial charge in [0.15, 0.2) is 0 Å². The van der Waals surface area contributed by atoms with Crippen LogP contribution in [0.2, 0.25) is 5.02 Å². The molecule has 0 amide bonds. The lowest BCUT2D eigenvalue weighted by Crippen LogP contribution is -2.47. The highest BCUT2D eigenvalue weighted by molar-refractivity contribution is 6.31. The number of aromatic amines is 1. The first-order valence-corrected chi connectivity index (χ1v) is 9.86. The zero-order valence-corrected chi connectivity index (χ0v) is 17.2. The Labute approximate surface area is 176 Å². The Morgan fingerprint density at radius 2 is 2.00 bits per heavy atom. The van der Waals surface area contributed by atoms with E-state index < -0.39 is 35.3 Å². The Morgan fingerprint density at radius 3 is 2.57 bits per heavy atom. The van der Waals surface area contributed by atoms with Crippen molar-refractivity contribution in [3.63, 3.8) is 0 Å². The number of benzene rings is 1. The number of H-pyrrole nitrogens is 1. The van der Waals surface area contributed by atoms with E-state index in [0.717, 1.165) is 6.07 Å². The van der Waals surface area contributed by atoms with Gasteiger partial charge in [0.25, 0.3) is 11.2 Å². The van der Waals surface area contributed by atoms with E-state index >= 15 is 0 Å². The molecule has 8 heteroatoms.